The molecule has 0 aliphatic heterocycles. The second-order valence-electron chi connectivity index (χ2n) is 9.11. The average molecular weight is 657 g/mol. The quantitative estimate of drug-likeness (QED) is 0.0978. The molecule has 0 aliphatic rings. The van der Waals surface area contributed by atoms with Gasteiger partial charge in [-0.25, -0.2) is 9.37 Å². The lowest BCUT2D eigenvalue weighted by molar-refractivity contribution is 0.102. The van der Waals surface area contributed by atoms with Crippen molar-refractivity contribution in [3.05, 3.63) is 82.3 Å². The van der Waals surface area contributed by atoms with E-state index in [1.807, 2.05) is 25.1 Å². The van der Waals surface area contributed by atoms with Crippen LogP contribution >= 0.6 is 22.6 Å². The van der Waals surface area contributed by atoms with Crippen molar-refractivity contribution in [2.75, 3.05) is 52.0 Å². The third-order valence-electron chi connectivity index (χ3n) is 5.94. The highest BCUT2D eigenvalue weighted by Gasteiger charge is 2.23. The number of carbonyl (C=O) groups is 2. The molecule has 0 unspecified atom stereocenters. The van der Waals surface area contributed by atoms with E-state index in [9.17, 15) is 9.59 Å². The molecule has 1 aromatic heterocycles. The Kier molecular flexibility index (Phi) is 10.6. The molecule has 0 spiro atoms. The maximum Gasteiger partial charge on any atom is 0.259 e. The molecule has 9 nitrogen and oxygen atoms in total. The first-order valence-corrected chi connectivity index (χ1v) is 13.7. The van der Waals surface area contributed by atoms with Crippen molar-refractivity contribution in [2.24, 2.45) is 0 Å². The Labute approximate surface area is 246 Å². The van der Waals surface area contributed by atoms with Crippen molar-refractivity contribution in [1.29, 1.82) is 5.41 Å². The number of amides is 2. The van der Waals surface area contributed by atoms with Crippen molar-refractivity contribution in [1.82, 2.24) is 14.8 Å². The number of methoxy groups -OCH3 is 1. The summed E-state index contributed by atoms with van der Waals surface area (Å²) in [5.41, 5.74) is 1.44. The molecule has 0 radical (unpaired) electrons. The molecule has 208 valence electrons. The van der Waals surface area contributed by atoms with Crippen LogP contribution in [0, 0.1) is 23.6 Å². The summed E-state index contributed by atoms with van der Waals surface area (Å²) in [6, 6.07) is 10.4. The molecular weight excluding hydrogens is 626 g/mol. The van der Waals surface area contributed by atoms with Crippen LogP contribution in [0.25, 0.3) is 0 Å². The molecule has 3 rings (SSSR count). The zero-order valence-electron chi connectivity index (χ0n) is 22.6. The van der Waals surface area contributed by atoms with E-state index in [0.29, 0.717) is 23.5 Å². The number of hydrogen-bond acceptors (Lipinski definition) is 6. The fraction of sp³-hybridized carbons (Fsp3) is 0.241. The molecular formula is C29H30FIN6O3. The van der Waals surface area contributed by atoms with Crippen LogP contribution in [0.1, 0.15) is 37.4 Å². The molecule has 2 aromatic carbocycles. The molecule has 2 amide bonds. The summed E-state index contributed by atoms with van der Waals surface area (Å²) >= 11 is 2.21. The number of rotatable bonds is 10. The molecule has 0 saturated carbocycles. The molecule has 0 fully saturated rings. The number of amidine groups is 1. The number of aromatic nitrogens is 1. The second-order valence-corrected chi connectivity index (χ2v) is 9.87. The van der Waals surface area contributed by atoms with Crippen LogP contribution in [0.15, 0.2) is 48.7 Å². The lowest BCUT2D eigenvalue weighted by Gasteiger charge is -2.22. The van der Waals surface area contributed by atoms with Crippen molar-refractivity contribution < 1.29 is 18.7 Å². The van der Waals surface area contributed by atoms with Gasteiger partial charge in [0.25, 0.3) is 11.8 Å². The van der Waals surface area contributed by atoms with Gasteiger partial charge >= 0.3 is 0 Å². The fourth-order valence-electron chi connectivity index (χ4n) is 3.64. The summed E-state index contributed by atoms with van der Waals surface area (Å²) in [6.07, 6.45) is 7.22. The predicted octanol–water partition coefficient (Wildman–Crippen LogP) is 4.47. The number of carbonyl (C=O) groups excluding carboxylic acids is 2. The molecule has 0 atom stereocenters. The minimum atomic E-state index is -0.814. The fourth-order valence-corrected chi connectivity index (χ4v) is 4.09. The van der Waals surface area contributed by atoms with Crippen molar-refractivity contribution in [3.8, 4) is 18.1 Å². The van der Waals surface area contributed by atoms with Crippen molar-refractivity contribution in [3.63, 3.8) is 0 Å². The van der Waals surface area contributed by atoms with Crippen molar-refractivity contribution in [2.45, 2.75) is 4.43 Å². The minimum Gasteiger partial charge on any atom is -0.495 e. The molecule has 0 bridgehead atoms. The third-order valence-corrected chi connectivity index (χ3v) is 6.82. The number of likely N-dealkylation sites (N-methyl/N-ethyl adjacent to an activating group) is 2. The Morgan fingerprint density at radius 3 is 2.38 bits per heavy atom. The van der Waals surface area contributed by atoms with Crippen LogP contribution in [0.3, 0.4) is 0 Å². The number of halogens is 2. The van der Waals surface area contributed by atoms with E-state index in [1.165, 1.54) is 31.4 Å². The lowest BCUT2D eigenvalue weighted by atomic mass is 10.0. The first kappa shape index (κ1) is 30.5. The van der Waals surface area contributed by atoms with E-state index in [0.717, 1.165) is 22.6 Å². The maximum atomic E-state index is 15.1. The molecule has 11 heteroatoms. The van der Waals surface area contributed by atoms with E-state index in [1.54, 1.807) is 24.2 Å². The van der Waals surface area contributed by atoms with Gasteiger partial charge in [-0.15, -0.1) is 6.42 Å². The molecule has 3 N–H and O–H groups in total. The number of benzene rings is 2. The van der Waals surface area contributed by atoms with Gasteiger partial charge in [0, 0.05) is 41.9 Å². The summed E-state index contributed by atoms with van der Waals surface area (Å²) in [4.78, 5) is 34.4. The zero-order valence-corrected chi connectivity index (χ0v) is 24.8. The number of anilines is 2. The summed E-state index contributed by atoms with van der Waals surface area (Å²) in [5, 5.41) is 13.7. The van der Waals surface area contributed by atoms with E-state index >= 15 is 4.39 Å². The van der Waals surface area contributed by atoms with Crippen molar-refractivity contribution >= 4 is 51.7 Å². The van der Waals surface area contributed by atoms with Gasteiger partial charge in [-0.2, -0.15) is 0 Å². The Morgan fingerprint density at radius 1 is 1.07 bits per heavy atom. The van der Waals surface area contributed by atoms with E-state index in [-0.39, 0.29) is 28.4 Å². The van der Waals surface area contributed by atoms with Gasteiger partial charge in [-0.1, -0.05) is 40.6 Å². The number of hydrogen-bond donors (Lipinski definition) is 3. The minimum absolute atomic E-state index is 0.0155. The molecule has 3 aromatic rings. The first-order chi connectivity index (χ1) is 19.1. The number of ether oxygens (including phenoxy) is 1. The normalized spacial score (nSPS) is 10.6. The standard InChI is InChI=1S/C29H30FIN6O3/c1-6-18-13-22(29(39)34-25-10-7-19(16-31)17-33-25)26(24(14-18)40-5)35-28(38)21-9-8-20(15-23(21)30)27(32)37(4)12-11-36(2)3/h1,7-10,13-15,17,32H,11-12,16H2,2-5H3,(H,35,38)(H,33,34,39). The van der Waals surface area contributed by atoms with Crippen LogP contribution in [0.2, 0.25) is 0 Å². The molecule has 1 heterocycles. The third kappa shape index (κ3) is 7.55. The molecule has 0 aliphatic carbocycles. The van der Waals surface area contributed by atoms with Gasteiger partial charge in [0.1, 0.15) is 23.2 Å². The van der Waals surface area contributed by atoms with Crippen LogP contribution in [-0.2, 0) is 4.43 Å². The summed E-state index contributed by atoms with van der Waals surface area (Å²) < 4.78 is 21.3. The highest BCUT2D eigenvalue weighted by Crippen LogP contribution is 2.32. The van der Waals surface area contributed by atoms with E-state index < -0.39 is 17.6 Å². The predicted molar refractivity (Wildman–Crippen MR) is 163 cm³/mol. The summed E-state index contributed by atoms with van der Waals surface area (Å²) in [7, 11) is 6.96. The van der Waals surface area contributed by atoms with Gasteiger partial charge in [-0.05, 0) is 50.0 Å². The highest BCUT2D eigenvalue weighted by atomic mass is 127. The van der Waals surface area contributed by atoms with Gasteiger partial charge in [0.15, 0.2) is 0 Å². The van der Waals surface area contributed by atoms with Crippen LogP contribution < -0.4 is 15.4 Å². The van der Waals surface area contributed by atoms with Crippen LogP contribution in [0.4, 0.5) is 15.9 Å². The summed E-state index contributed by atoms with van der Waals surface area (Å²) in [5.74, 6) is 0.810. The van der Waals surface area contributed by atoms with Gasteiger partial charge < -0.3 is 25.2 Å². The average Bonchev–Trinajstić information content (AvgIpc) is 2.95. The Bertz CT molecular complexity index is 1450. The smallest absolute Gasteiger partial charge is 0.259 e. The maximum absolute atomic E-state index is 15.1. The number of terminal acetylenes is 1. The first-order valence-electron chi connectivity index (χ1n) is 12.1. The number of nitrogens with one attached hydrogen (secondary N) is 3. The number of nitrogens with zero attached hydrogens (tertiary/aromatic N) is 3. The summed E-state index contributed by atoms with van der Waals surface area (Å²) in [6.45, 7) is 1.30. The molecule has 0 saturated heterocycles. The van der Waals surface area contributed by atoms with Gasteiger partial charge in [0.05, 0.1) is 23.9 Å². The van der Waals surface area contributed by atoms with E-state index in [4.69, 9.17) is 16.6 Å². The zero-order chi connectivity index (χ0) is 29.4. The number of pyridine rings is 1. The topological polar surface area (TPSA) is 111 Å². The monoisotopic (exact) mass is 656 g/mol. The molecule has 40 heavy (non-hydrogen) atoms. The largest absolute Gasteiger partial charge is 0.495 e. The second kappa shape index (κ2) is 13.9. The van der Waals surface area contributed by atoms with E-state index in [2.05, 4.69) is 44.1 Å². The Balaban J connectivity index is 1.89. The lowest BCUT2D eigenvalue weighted by Crippen LogP contribution is -2.33. The van der Waals surface area contributed by atoms with Gasteiger partial charge in [-0.3, -0.25) is 15.0 Å². The van der Waals surface area contributed by atoms with Crippen LogP contribution in [0.5, 0.6) is 5.75 Å². The highest BCUT2D eigenvalue weighted by molar-refractivity contribution is 14.1. The number of alkyl halides is 1. The SMILES string of the molecule is C#Cc1cc(OC)c(NC(=O)c2ccc(C(=N)N(C)CCN(C)C)cc2F)c(C(=O)Nc2ccc(CI)cn2)c1. The van der Waals surface area contributed by atoms with Gasteiger partial charge in [0.2, 0.25) is 0 Å². The Hall–Kier alpha value is -4.02. The van der Waals surface area contributed by atoms with Crippen LogP contribution in [-0.4, -0.2) is 73.8 Å². The Morgan fingerprint density at radius 2 is 1.80 bits per heavy atom.